The van der Waals surface area contributed by atoms with E-state index in [1.54, 1.807) is 16.9 Å². The van der Waals surface area contributed by atoms with E-state index in [0.717, 1.165) is 24.7 Å². The summed E-state index contributed by atoms with van der Waals surface area (Å²) in [4.78, 5) is 14.1. The number of rotatable bonds is 6. The minimum absolute atomic E-state index is 0.0217. The maximum absolute atomic E-state index is 12.0. The summed E-state index contributed by atoms with van der Waals surface area (Å²) < 4.78 is 1.55. The monoisotopic (exact) mass is 292 g/mol. The molecule has 0 spiro atoms. The van der Waals surface area contributed by atoms with Crippen LogP contribution in [-0.4, -0.2) is 36.0 Å². The van der Waals surface area contributed by atoms with Gasteiger partial charge in [0.25, 0.3) is 5.56 Å². The van der Waals surface area contributed by atoms with Crippen LogP contribution in [0.3, 0.4) is 0 Å². The Labute approximate surface area is 127 Å². The number of hydrogen-bond acceptors (Lipinski definition) is 4. The summed E-state index contributed by atoms with van der Waals surface area (Å²) in [6, 6.07) is 2.27. The lowest BCUT2D eigenvalue weighted by Gasteiger charge is -2.27. The molecule has 1 N–H and O–H groups in total. The first-order valence-electron chi connectivity index (χ1n) is 8.11. The molecule has 0 radical (unpaired) electrons. The van der Waals surface area contributed by atoms with Crippen LogP contribution in [0, 0.1) is 5.92 Å². The number of hydrogen-bond donors (Lipinski definition) is 1. The molecule has 1 saturated carbocycles. The highest BCUT2D eigenvalue weighted by atomic mass is 16.1. The Morgan fingerprint density at radius 1 is 1.48 bits per heavy atom. The van der Waals surface area contributed by atoms with Crippen molar-refractivity contribution in [3.63, 3.8) is 0 Å². The van der Waals surface area contributed by atoms with E-state index < -0.39 is 0 Å². The minimum atomic E-state index is -0.0217. The molecule has 2 atom stereocenters. The minimum Gasteiger partial charge on any atom is -0.373 e. The van der Waals surface area contributed by atoms with Crippen LogP contribution < -0.4 is 15.8 Å². The van der Waals surface area contributed by atoms with Crippen molar-refractivity contribution in [2.75, 3.05) is 25.0 Å². The van der Waals surface area contributed by atoms with Crippen LogP contribution >= 0.6 is 0 Å². The maximum atomic E-state index is 12.0. The van der Waals surface area contributed by atoms with Gasteiger partial charge < -0.3 is 10.2 Å². The Bertz CT molecular complexity index is 499. The first kappa shape index (κ1) is 16.0. The zero-order valence-electron chi connectivity index (χ0n) is 13.5. The molecule has 1 fully saturated rings. The summed E-state index contributed by atoms with van der Waals surface area (Å²) in [5, 5.41) is 7.83. The lowest BCUT2D eigenvalue weighted by molar-refractivity contribution is 0.297. The Morgan fingerprint density at radius 2 is 2.29 bits per heavy atom. The number of anilines is 1. The van der Waals surface area contributed by atoms with E-state index in [1.807, 2.05) is 11.9 Å². The highest BCUT2D eigenvalue weighted by Gasteiger charge is 2.17. The molecule has 1 aliphatic rings. The van der Waals surface area contributed by atoms with Gasteiger partial charge in [-0.3, -0.25) is 4.79 Å². The van der Waals surface area contributed by atoms with E-state index in [4.69, 9.17) is 0 Å². The molecule has 2 rings (SSSR count). The fourth-order valence-electron chi connectivity index (χ4n) is 2.98. The molecule has 0 bridgehead atoms. The van der Waals surface area contributed by atoms with Gasteiger partial charge in [0.2, 0.25) is 0 Å². The summed E-state index contributed by atoms with van der Waals surface area (Å²) in [5.41, 5.74) is 0.861. The summed E-state index contributed by atoms with van der Waals surface area (Å²) in [5.74, 6) is 0.820. The van der Waals surface area contributed by atoms with Gasteiger partial charge in [-0.2, -0.15) is 5.10 Å². The van der Waals surface area contributed by atoms with Crippen LogP contribution in [0.15, 0.2) is 17.1 Å². The molecule has 2 unspecified atom stereocenters. The van der Waals surface area contributed by atoms with Crippen LogP contribution in [0.25, 0.3) is 0 Å². The molecule has 0 amide bonds. The summed E-state index contributed by atoms with van der Waals surface area (Å²) in [6.07, 6.45) is 6.95. The standard InChI is InChI=1S/C16H28N4O/c1-4-19(3)15-11-16(21)20(18-12-15)9-8-17-14-7-5-6-13(2)10-14/h11-14,17H,4-10H2,1-3H3. The average molecular weight is 292 g/mol. The topological polar surface area (TPSA) is 50.2 Å². The third-order valence-electron chi connectivity index (χ3n) is 4.46. The summed E-state index contributed by atoms with van der Waals surface area (Å²) in [7, 11) is 1.96. The zero-order valence-corrected chi connectivity index (χ0v) is 13.5. The van der Waals surface area contributed by atoms with Gasteiger partial charge in [-0.15, -0.1) is 0 Å². The first-order valence-corrected chi connectivity index (χ1v) is 8.11. The van der Waals surface area contributed by atoms with Crippen molar-refractivity contribution in [3.05, 3.63) is 22.6 Å². The van der Waals surface area contributed by atoms with Crippen LogP contribution in [0.1, 0.15) is 39.5 Å². The van der Waals surface area contributed by atoms with E-state index in [9.17, 15) is 4.79 Å². The molecule has 0 saturated heterocycles. The third-order valence-corrected chi connectivity index (χ3v) is 4.46. The van der Waals surface area contributed by atoms with E-state index in [-0.39, 0.29) is 5.56 Å². The SMILES string of the molecule is CCN(C)c1cnn(CCNC2CCCC(C)C2)c(=O)c1. The van der Waals surface area contributed by atoms with Crippen LogP contribution in [0.2, 0.25) is 0 Å². The second-order valence-corrected chi connectivity index (χ2v) is 6.21. The number of nitrogens with one attached hydrogen (secondary N) is 1. The molecule has 0 aliphatic heterocycles. The third kappa shape index (κ3) is 4.56. The van der Waals surface area contributed by atoms with Crippen molar-refractivity contribution in [2.45, 2.75) is 52.1 Å². The number of nitrogens with zero attached hydrogens (tertiary/aromatic N) is 3. The maximum Gasteiger partial charge on any atom is 0.268 e. The van der Waals surface area contributed by atoms with E-state index >= 15 is 0 Å². The Hall–Kier alpha value is -1.36. The fraction of sp³-hybridized carbons (Fsp3) is 0.750. The highest BCUT2D eigenvalue weighted by molar-refractivity contribution is 5.41. The Kier molecular flexibility index (Phi) is 5.79. The predicted octanol–water partition coefficient (Wildman–Crippen LogP) is 1.87. The van der Waals surface area contributed by atoms with Gasteiger partial charge in [-0.05, 0) is 25.7 Å². The summed E-state index contributed by atoms with van der Waals surface area (Å²) in [6.45, 7) is 6.70. The quantitative estimate of drug-likeness (QED) is 0.869. The Morgan fingerprint density at radius 3 is 2.95 bits per heavy atom. The van der Waals surface area contributed by atoms with Crippen LogP contribution in [-0.2, 0) is 6.54 Å². The second kappa shape index (κ2) is 7.59. The highest BCUT2D eigenvalue weighted by Crippen LogP contribution is 2.23. The smallest absolute Gasteiger partial charge is 0.268 e. The molecule has 21 heavy (non-hydrogen) atoms. The van der Waals surface area contributed by atoms with Crippen molar-refractivity contribution >= 4 is 5.69 Å². The molecule has 1 aromatic rings. The molecular formula is C16H28N4O. The van der Waals surface area contributed by atoms with Gasteiger partial charge in [-0.25, -0.2) is 4.68 Å². The second-order valence-electron chi connectivity index (χ2n) is 6.21. The molecule has 1 heterocycles. The molecule has 118 valence electrons. The van der Waals surface area contributed by atoms with E-state index in [1.165, 1.54) is 25.7 Å². The lowest BCUT2D eigenvalue weighted by Crippen LogP contribution is -2.37. The van der Waals surface area contributed by atoms with Crippen molar-refractivity contribution in [3.8, 4) is 0 Å². The molecule has 5 heteroatoms. The zero-order chi connectivity index (χ0) is 15.2. The molecule has 1 aromatic heterocycles. The molecular weight excluding hydrogens is 264 g/mol. The van der Waals surface area contributed by atoms with Gasteiger partial charge in [0.15, 0.2) is 0 Å². The predicted molar refractivity (Wildman–Crippen MR) is 86.9 cm³/mol. The van der Waals surface area contributed by atoms with Crippen LogP contribution in [0.4, 0.5) is 5.69 Å². The fourth-order valence-corrected chi connectivity index (χ4v) is 2.98. The van der Waals surface area contributed by atoms with Crippen LogP contribution in [0.5, 0.6) is 0 Å². The van der Waals surface area contributed by atoms with Gasteiger partial charge in [0.05, 0.1) is 18.4 Å². The summed E-state index contributed by atoms with van der Waals surface area (Å²) >= 11 is 0. The van der Waals surface area contributed by atoms with Crippen molar-refractivity contribution in [2.24, 2.45) is 5.92 Å². The largest absolute Gasteiger partial charge is 0.373 e. The van der Waals surface area contributed by atoms with Crippen molar-refractivity contribution < 1.29 is 0 Å². The average Bonchev–Trinajstić information content (AvgIpc) is 2.48. The normalized spacial score (nSPS) is 22.2. The van der Waals surface area contributed by atoms with Gasteiger partial charge in [0.1, 0.15) is 0 Å². The lowest BCUT2D eigenvalue weighted by atomic mass is 9.87. The molecule has 5 nitrogen and oxygen atoms in total. The van der Waals surface area contributed by atoms with E-state index in [2.05, 4.69) is 24.3 Å². The van der Waals surface area contributed by atoms with Crippen molar-refractivity contribution in [1.82, 2.24) is 15.1 Å². The first-order chi connectivity index (χ1) is 10.1. The Balaban J connectivity index is 1.84. The van der Waals surface area contributed by atoms with Gasteiger partial charge >= 0.3 is 0 Å². The molecule has 1 aliphatic carbocycles. The molecule has 0 aromatic carbocycles. The van der Waals surface area contributed by atoms with Crippen molar-refractivity contribution in [1.29, 1.82) is 0 Å². The van der Waals surface area contributed by atoms with E-state index in [0.29, 0.717) is 12.6 Å². The number of aromatic nitrogens is 2. The van der Waals surface area contributed by atoms with Gasteiger partial charge in [0, 0.05) is 32.2 Å². The van der Waals surface area contributed by atoms with Gasteiger partial charge in [-0.1, -0.05) is 19.8 Å².